The number of carbonyl (C=O) groups is 2. The Morgan fingerprint density at radius 3 is 2.35 bits per heavy atom. The zero-order valence-corrected chi connectivity index (χ0v) is 12.9. The quantitative estimate of drug-likeness (QED) is 0.655. The molecule has 0 saturated carbocycles. The van der Waals surface area contributed by atoms with Crippen LogP contribution in [0.3, 0.4) is 0 Å². The Morgan fingerprint density at radius 1 is 1.22 bits per heavy atom. The predicted molar refractivity (Wildman–Crippen MR) is 84.8 cm³/mol. The molecule has 0 amide bonds. The summed E-state index contributed by atoms with van der Waals surface area (Å²) in [7, 11) is 2.23. The van der Waals surface area contributed by atoms with Crippen molar-refractivity contribution >= 4 is 11.9 Å². The van der Waals surface area contributed by atoms with Crippen LogP contribution in [0.1, 0.15) is 24.4 Å². The number of rotatable bonds is 3. The maximum Gasteiger partial charge on any atom is 0.328 e. The minimum atomic E-state index is -1.26. The van der Waals surface area contributed by atoms with E-state index in [0.29, 0.717) is 30.2 Å². The second kappa shape index (κ2) is 7.69. The Labute approximate surface area is 134 Å². The zero-order valence-electron chi connectivity index (χ0n) is 12.9. The highest BCUT2D eigenvalue weighted by Crippen LogP contribution is 2.42. The summed E-state index contributed by atoms with van der Waals surface area (Å²) in [5.41, 5.74) is 1.36. The molecule has 0 radical (unpaired) electrons. The second-order valence-electron chi connectivity index (χ2n) is 5.60. The van der Waals surface area contributed by atoms with E-state index in [-0.39, 0.29) is 0 Å². The molecule has 0 spiro atoms. The van der Waals surface area contributed by atoms with E-state index in [9.17, 15) is 9.59 Å². The van der Waals surface area contributed by atoms with Gasteiger partial charge < -0.3 is 10.2 Å². The average molecular weight is 316 g/mol. The van der Waals surface area contributed by atoms with Crippen LogP contribution in [0.5, 0.6) is 0 Å². The van der Waals surface area contributed by atoms with Crippen LogP contribution in [0.4, 0.5) is 0 Å². The van der Waals surface area contributed by atoms with Gasteiger partial charge in [-0.15, -0.1) is 0 Å². The van der Waals surface area contributed by atoms with Gasteiger partial charge in [0.15, 0.2) is 0 Å². The molecule has 122 valence electrons. The summed E-state index contributed by atoms with van der Waals surface area (Å²) in [6.45, 7) is 0. The van der Waals surface area contributed by atoms with E-state index in [1.807, 2.05) is 18.5 Å². The lowest BCUT2D eigenvalue weighted by atomic mass is 9.78. The zero-order chi connectivity index (χ0) is 16.8. The number of hydrogen-bond donors (Lipinski definition) is 2. The van der Waals surface area contributed by atoms with Crippen molar-refractivity contribution in [1.82, 2.24) is 9.88 Å². The molecule has 3 aliphatic rings. The Morgan fingerprint density at radius 2 is 1.91 bits per heavy atom. The van der Waals surface area contributed by atoms with Gasteiger partial charge in [-0.05, 0) is 37.4 Å². The summed E-state index contributed by atoms with van der Waals surface area (Å²) in [5.74, 6) is -1.83. The highest BCUT2D eigenvalue weighted by Gasteiger charge is 2.36. The topological polar surface area (TPSA) is 90.7 Å². The molecule has 1 fully saturated rings. The number of pyridine rings is 1. The average Bonchev–Trinajstić information content (AvgIpc) is 2.55. The van der Waals surface area contributed by atoms with Crippen molar-refractivity contribution in [3.63, 3.8) is 0 Å². The van der Waals surface area contributed by atoms with E-state index in [0.717, 1.165) is 0 Å². The number of aromatic nitrogens is 1. The molecule has 3 heterocycles. The Bertz CT molecular complexity index is 596. The summed E-state index contributed by atoms with van der Waals surface area (Å²) in [4.78, 5) is 25.8. The summed E-state index contributed by atoms with van der Waals surface area (Å²) in [6.07, 6.45) is 12.4. The molecule has 3 atom stereocenters. The van der Waals surface area contributed by atoms with Gasteiger partial charge in [0.25, 0.3) is 0 Å². The van der Waals surface area contributed by atoms with Gasteiger partial charge in [-0.3, -0.25) is 9.88 Å². The molecular formula is C17H20N2O4. The van der Waals surface area contributed by atoms with Crippen LogP contribution in [0, 0.1) is 5.92 Å². The summed E-state index contributed by atoms with van der Waals surface area (Å²) in [5, 5.41) is 15.6. The van der Waals surface area contributed by atoms with Crippen molar-refractivity contribution in [2.45, 2.75) is 24.9 Å². The molecule has 1 saturated heterocycles. The molecule has 0 aromatic carbocycles. The molecule has 6 heteroatoms. The molecule has 23 heavy (non-hydrogen) atoms. The van der Waals surface area contributed by atoms with Gasteiger partial charge in [0.2, 0.25) is 0 Å². The normalized spacial score (nSPS) is 25.9. The number of carboxylic acids is 2. The van der Waals surface area contributed by atoms with Crippen molar-refractivity contribution in [3.05, 3.63) is 54.4 Å². The summed E-state index contributed by atoms with van der Waals surface area (Å²) >= 11 is 0. The Hall–Kier alpha value is -2.47. The lowest BCUT2D eigenvalue weighted by Crippen LogP contribution is -2.44. The first-order valence-electron chi connectivity index (χ1n) is 7.43. The number of aliphatic carboxylic acids is 2. The van der Waals surface area contributed by atoms with Crippen molar-refractivity contribution < 1.29 is 19.8 Å². The van der Waals surface area contributed by atoms with Crippen LogP contribution >= 0.6 is 0 Å². The fourth-order valence-electron chi connectivity index (χ4n) is 3.11. The fraction of sp³-hybridized carbons (Fsp3) is 0.353. The second-order valence-corrected chi connectivity index (χ2v) is 5.60. The third kappa shape index (κ3) is 4.50. The van der Waals surface area contributed by atoms with E-state index in [2.05, 4.69) is 35.1 Å². The Balaban J connectivity index is 0.000000207. The highest BCUT2D eigenvalue weighted by atomic mass is 16.4. The highest BCUT2D eigenvalue weighted by molar-refractivity contribution is 5.89. The number of carboxylic acid groups (broad SMARTS) is 2. The number of piperidine rings is 1. The SMILES string of the molecule is CN1C2C=CC(CC2)C1c1cccnc1.O=C(O)/C=C/C(=O)O. The van der Waals surface area contributed by atoms with Gasteiger partial charge in [0, 0.05) is 36.6 Å². The van der Waals surface area contributed by atoms with E-state index in [1.54, 1.807) is 0 Å². The first kappa shape index (κ1) is 16.9. The van der Waals surface area contributed by atoms with Crippen molar-refractivity contribution in [1.29, 1.82) is 0 Å². The van der Waals surface area contributed by atoms with Crippen LogP contribution < -0.4 is 0 Å². The van der Waals surface area contributed by atoms with E-state index < -0.39 is 11.9 Å². The van der Waals surface area contributed by atoms with Crippen LogP contribution in [0.2, 0.25) is 0 Å². The largest absolute Gasteiger partial charge is 0.478 e. The smallest absolute Gasteiger partial charge is 0.328 e. The number of nitrogens with zero attached hydrogens (tertiary/aromatic N) is 2. The third-order valence-electron chi connectivity index (χ3n) is 4.14. The molecule has 4 rings (SSSR count). The predicted octanol–water partition coefficient (Wildman–Crippen LogP) is 2.11. The third-order valence-corrected chi connectivity index (χ3v) is 4.14. The van der Waals surface area contributed by atoms with Gasteiger partial charge in [-0.1, -0.05) is 18.2 Å². The van der Waals surface area contributed by atoms with Crippen molar-refractivity contribution in [2.24, 2.45) is 5.92 Å². The first-order valence-corrected chi connectivity index (χ1v) is 7.43. The molecule has 1 aromatic rings. The number of likely N-dealkylation sites (N-methyl/N-ethyl adjacent to an activating group) is 1. The fourth-order valence-corrected chi connectivity index (χ4v) is 3.11. The molecule has 1 aliphatic carbocycles. The minimum absolute atomic E-state index is 0.544. The molecule has 2 bridgehead atoms. The van der Waals surface area contributed by atoms with Crippen LogP contribution in [0.25, 0.3) is 0 Å². The standard InChI is InChI=1S/C13H16N2.C4H4O4/c1-15-12-6-4-10(5-7-12)13(15)11-3-2-8-14-9-11;5-3(6)1-2-4(7)8/h2-4,6,8-10,12-13H,5,7H2,1H3;1-2H,(H,5,6)(H,7,8)/b;2-1+. The lowest BCUT2D eigenvalue weighted by Gasteiger charge is -2.46. The molecule has 6 nitrogen and oxygen atoms in total. The van der Waals surface area contributed by atoms with Gasteiger partial charge in [-0.25, -0.2) is 9.59 Å². The lowest BCUT2D eigenvalue weighted by molar-refractivity contribution is -0.134. The van der Waals surface area contributed by atoms with Gasteiger partial charge >= 0.3 is 11.9 Å². The van der Waals surface area contributed by atoms with Crippen LogP contribution in [0.15, 0.2) is 48.8 Å². The molecule has 3 unspecified atom stereocenters. The van der Waals surface area contributed by atoms with Crippen LogP contribution in [-0.2, 0) is 9.59 Å². The van der Waals surface area contributed by atoms with Gasteiger partial charge in [-0.2, -0.15) is 0 Å². The molecule has 2 aliphatic heterocycles. The van der Waals surface area contributed by atoms with E-state index in [1.165, 1.54) is 18.4 Å². The van der Waals surface area contributed by atoms with E-state index >= 15 is 0 Å². The number of fused-ring (bicyclic) bond motifs is 2. The van der Waals surface area contributed by atoms with Crippen molar-refractivity contribution in [3.8, 4) is 0 Å². The van der Waals surface area contributed by atoms with Gasteiger partial charge in [0.1, 0.15) is 0 Å². The maximum atomic E-state index is 9.55. The summed E-state index contributed by atoms with van der Waals surface area (Å²) < 4.78 is 0. The monoisotopic (exact) mass is 316 g/mol. The molecule has 1 aromatic heterocycles. The van der Waals surface area contributed by atoms with Crippen LogP contribution in [-0.4, -0.2) is 45.1 Å². The minimum Gasteiger partial charge on any atom is -0.478 e. The summed E-state index contributed by atoms with van der Waals surface area (Å²) in [6, 6.07) is 5.42. The van der Waals surface area contributed by atoms with E-state index in [4.69, 9.17) is 10.2 Å². The first-order chi connectivity index (χ1) is 11.0. The van der Waals surface area contributed by atoms with Crippen molar-refractivity contribution in [2.75, 3.05) is 7.05 Å². The Kier molecular flexibility index (Phi) is 5.65. The molecular weight excluding hydrogens is 296 g/mol. The molecule has 2 N–H and O–H groups in total. The maximum absolute atomic E-state index is 9.55. The number of hydrogen-bond acceptors (Lipinski definition) is 4. The van der Waals surface area contributed by atoms with Gasteiger partial charge in [0.05, 0.1) is 0 Å².